The second-order valence-corrected chi connectivity index (χ2v) is 26.5. The Morgan fingerprint density at radius 2 is 0.433 bits per heavy atom. The van der Waals surface area contributed by atoms with E-state index in [1.165, 1.54) is 44.5 Å². The maximum atomic E-state index is 7.21. The van der Waals surface area contributed by atoms with Crippen molar-refractivity contribution in [2.45, 2.75) is 77.0 Å². The second kappa shape index (κ2) is 21.7. The Balaban J connectivity index is 0.878. The molecule has 0 radical (unpaired) electrons. The van der Waals surface area contributed by atoms with Crippen molar-refractivity contribution in [3.63, 3.8) is 0 Å². The smallest absolute Gasteiger partial charge is 0.138 e. The van der Waals surface area contributed by atoms with Gasteiger partial charge in [-0.3, -0.25) is 0 Å². The fraction of sp³-hybridized carbons (Fsp3) is 0.140. The Morgan fingerprint density at radius 1 is 0.211 bits per heavy atom. The Morgan fingerprint density at radius 3 is 0.689 bits per heavy atom. The van der Waals surface area contributed by atoms with Crippen molar-refractivity contribution in [1.29, 1.82) is 0 Å². The van der Waals surface area contributed by atoms with Crippen molar-refractivity contribution < 1.29 is 8.83 Å². The highest BCUT2D eigenvalue weighted by atomic mass is 16.3. The van der Waals surface area contributed by atoms with E-state index in [9.17, 15) is 0 Å². The minimum Gasteiger partial charge on any atom is -0.456 e. The molecule has 13 aromatic carbocycles. The fourth-order valence-electron chi connectivity index (χ4n) is 14.2. The van der Waals surface area contributed by atoms with Crippen LogP contribution in [-0.2, 0) is 21.7 Å². The van der Waals surface area contributed by atoms with Crippen LogP contribution < -0.4 is 9.80 Å². The topological polar surface area (TPSA) is 32.8 Å². The van der Waals surface area contributed by atoms with Gasteiger partial charge in [-0.2, -0.15) is 0 Å². The fourth-order valence-corrected chi connectivity index (χ4v) is 14.2. The maximum Gasteiger partial charge on any atom is 0.138 e. The lowest BCUT2D eigenvalue weighted by Crippen LogP contribution is -2.19. The number of benzene rings is 13. The molecule has 0 aliphatic rings. The Labute approximate surface area is 527 Å². The highest BCUT2D eigenvalue weighted by molar-refractivity contribution is 6.28. The summed E-state index contributed by atoms with van der Waals surface area (Å²) in [5, 5.41) is 8.57. The molecule has 0 aliphatic carbocycles. The van der Waals surface area contributed by atoms with Gasteiger partial charge in [-0.25, -0.2) is 0 Å². The van der Waals surface area contributed by atoms with E-state index in [-0.39, 0.29) is 21.7 Å². The molecule has 0 unspecified atom stereocenters. The van der Waals surface area contributed by atoms with Crippen molar-refractivity contribution in [2.75, 3.05) is 9.80 Å². The summed E-state index contributed by atoms with van der Waals surface area (Å²) in [6.45, 7) is 18.5. The third-order valence-corrected chi connectivity index (χ3v) is 19.9. The Bertz CT molecular complexity index is 4600. The minimum absolute atomic E-state index is 0.198. The van der Waals surface area contributed by atoms with E-state index < -0.39 is 0 Å². The van der Waals surface area contributed by atoms with Crippen molar-refractivity contribution >= 4 is 99.5 Å². The van der Waals surface area contributed by atoms with E-state index in [4.69, 9.17) is 8.83 Å². The van der Waals surface area contributed by atoms with E-state index in [2.05, 4.69) is 356 Å². The predicted octanol–water partition coefficient (Wildman–Crippen LogP) is 24.0. The van der Waals surface area contributed by atoms with Gasteiger partial charge in [0.05, 0.1) is 11.4 Å². The number of hydrogen-bond donors (Lipinski definition) is 0. The second-order valence-electron chi connectivity index (χ2n) is 26.5. The molecule has 0 saturated carbocycles. The summed E-state index contributed by atoms with van der Waals surface area (Å²) in [6, 6.07) is 106. The number of fused-ring (bicyclic) bond motifs is 10. The van der Waals surface area contributed by atoms with E-state index in [1.807, 2.05) is 0 Å². The monoisotopic (exact) mass is 1160 g/mol. The van der Waals surface area contributed by atoms with Crippen molar-refractivity contribution in [3.8, 4) is 0 Å². The van der Waals surface area contributed by atoms with E-state index in [0.717, 1.165) is 99.5 Å². The molecule has 2 aromatic heterocycles. The molecule has 15 rings (SSSR count). The van der Waals surface area contributed by atoms with Gasteiger partial charge in [0.1, 0.15) is 22.3 Å². The first-order valence-electron chi connectivity index (χ1n) is 31.6. The van der Waals surface area contributed by atoms with Crippen LogP contribution in [0.25, 0.3) is 65.4 Å². The molecule has 4 heteroatoms. The van der Waals surface area contributed by atoms with E-state index in [1.54, 1.807) is 0 Å². The number of furan rings is 2. The first-order chi connectivity index (χ1) is 43.6. The third kappa shape index (κ3) is 9.44. The average molecular weight is 1170 g/mol. The van der Waals surface area contributed by atoms with Gasteiger partial charge < -0.3 is 18.6 Å². The summed E-state index contributed by atoms with van der Waals surface area (Å²) in [7, 11) is 0. The van der Waals surface area contributed by atoms with Gasteiger partial charge in [0.2, 0.25) is 0 Å². The molecule has 0 atom stereocenters. The number of hydrogen-bond acceptors (Lipinski definition) is 4. The third-order valence-electron chi connectivity index (χ3n) is 19.9. The molecular formula is C86H72N2O2. The molecule has 0 amide bonds. The van der Waals surface area contributed by atoms with E-state index >= 15 is 0 Å². The van der Waals surface area contributed by atoms with Gasteiger partial charge in [0, 0.05) is 88.9 Å². The molecule has 0 bridgehead atoms. The molecule has 0 spiro atoms. The quantitative estimate of drug-likeness (QED) is 0.109. The highest BCUT2D eigenvalue weighted by Crippen LogP contribution is 2.50. The number of rotatable bonds is 14. The Kier molecular flexibility index (Phi) is 13.5. The standard InChI is InChI=1S/C86H72N2O2/c1-83(2,57-25-13-9-14-26-57)61-37-45-65(46-38-61)87(66-47-39-62(40-48-66)84(3,4)58-27-15-10-16-28-58)75-55-79-81(71-35-23-21-33-69(71)75)73-53-78-74(54-77(73)89-79)82-72-36-24-22-34-70(72)76(56-80(82)90-78)88(67-49-41-63(42-50-67)85(5,6)59-29-17-11-18-30-59)68-51-43-64(44-52-68)86(7,8)60-31-19-12-20-32-60/h9-56H,1-8H3. The lowest BCUT2D eigenvalue weighted by Gasteiger charge is -2.31. The van der Waals surface area contributed by atoms with Crippen LogP contribution in [0, 0.1) is 0 Å². The zero-order valence-corrected chi connectivity index (χ0v) is 52.4. The van der Waals surface area contributed by atoms with Crippen LogP contribution in [-0.4, -0.2) is 0 Å². The van der Waals surface area contributed by atoms with Crippen molar-refractivity contribution in [2.24, 2.45) is 0 Å². The van der Waals surface area contributed by atoms with Crippen LogP contribution in [0.2, 0.25) is 0 Å². The Hall–Kier alpha value is -10.4. The van der Waals surface area contributed by atoms with Gasteiger partial charge >= 0.3 is 0 Å². The molecule has 0 N–H and O–H groups in total. The average Bonchev–Trinajstić information content (AvgIpc) is 1.53. The van der Waals surface area contributed by atoms with Crippen LogP contribution in [0.1, 0.15) is 99.9 Å². The van der Waals surface area contributed by atoms with Crippen LogP contribution in [0.15, 0.2) is 300 Å². The summed E-state index contributed by atoms with van der Waals surface area (Å²) in [4.78, 5) is 4.80. The van der Waals surface area contributed by atoms with Gasteiger partial charge in [0.15, 0.2) is 0 Å². The van der Waals surface area contributed by atoms with Crippen LogP contribution >= 0.6 is 0 Å². The summed E-state index contributed by atoms with van der Waals surface area (Å²) in [5.41, 5.74) is 18.8. The highest BCUT2D eigenvalue weighted by Gasteiger charge is 2.30. The summed E-state index contributed by atoms with van der Waals surface area (Å²) < 4.78 is 14.4. The van der Waals surface area contributed by atoms with Crippen LogP contribution in [0.3, 0.4) is 0 Å². The van der Waals surface area contributed by atoms with Crippen molar-refractivity contribution in [3.05, 3.63) is 336 Å². The zero-order valence-electron chi connectivity index (χ0n) is 52.4. The molecule has 4 nitrogen and oxygen atoms in total. The van der Waals surface area contributed by atoms with Gasteiger partial charge in [0.25, 0.3) is 0 Å². The lowest BCUT2D eigenvalue weighted by molar-refractivity contribution is 0.640. The van der Waals surface area contributed by atoms with Crippen LogP contribution in [0.5, 0.6) is 0 Å². The first-order valence-corrected chi connectivity index (χ1v) is 31.6. The first kappa shape index (κ1) is 56.1. The lowest BCUT2D eigenvalue weighted by atomic mass is 9.78. The normalized spacial score (nSPS) is 12.4. The summed E-state index contributed by atoms with van der Waals surface area (Å²) in [6.07, 6.45) is 0. The predicted molar refractivity (Wildman–Crippen MR) is 380 cm³/mol. The summed E-state index contributed by atoms with van der Waals surface area (Å²) in [5.74, 6) is 0. The molecule has 0 saturated heterocycles. The number of nitrogens with zero attached hydrogens (tertiary/aromatic N) is 2. The minimum atomic E-state index is -0.198. The maximum absolute atomic E-state index is 7.21. The molecule has 0 fully saturated rings. The largest absolute Gasteiger partial charge is 0.456 e. The van der Waals surface area contributed by atoms with Gasteiger partial charge in [-0.05, 0) is 116 Å². The van der Waals surface area contributed by atoms with Gasteiger partial charge in [-0.15, -0.1) is 0 Å². The van der Waals surface area contributed by atoms with Gasteiger partial charge in [-0.1, -0.05) is 274 Å². The SMILES string of the molecule is CC(C)(c1ccccc1)c1ccc(N(c2ccc(C(C)(C)c3ccccc3)cc2)c2cc3oc4cc5c(cc4c3c3ccccc23)oc2cc(N(c3ccc(C(C)(C)c4ccccc4)cc3)c3ccc(C(C)(C)c4ccccc4)cc3)c3ccccc3c25)cc1. The molecular weight excluding hydrogens is 1090 g/mol. The summed E-state index contributed by atoms with van der Waals surface area (Å²) >= 11 is 0. The van der Waals surface area contributed by atoms with Crippen LogP contribution in [0.4, 0.5) is 34.1 Å². The molecule has 15 aromatic rings. The van der Waals surface area contributed by atoms with Crippen molar-refractivity contribution in [1.82, 2.24) is 0 Å². The molecule has 2 heterocycles. The molecule has 0 aliphatic heterocycles. The zero-order chi connectivity index (χ0) is 61.5. The molecule has 438 valence electrons. The number of anilines is 6. The molecule has 90 heavy (non-hydrogen) atoms. The van der Waals surface area contributed by atoms with E-state index in [0.29, 0.717) is 0 Å².